The molecule has 0 saturated heterocycles. The van der Waals surface area contributed by atoms with E-state index in [-0.39, 0.29) is 22.5 Å². The molecule has 0 aliphatic rings. The van der Waals surface area contributed by atoms with E-state index < -0.39 is 57.7 Å². The molecule has 0 radical (unpaired) electrons. The standard InChI is InChI=1S/C29H30ClF4N3O4S/c1-4-19(2)35-28(39)20(3)36(17-21-10-13-23(31)14-11-21)27(38)18-37(42(40,41)24-8-6-5-7-9-24)26-16-22(29(32,33)34)12-15-25(26)30/h5-16,19-20H,4,17-18H2,1-3H3,(H,35,39)/t19-,20-/m1/s1. The van der Waals surface area contributed by atoms with E-state index in [1.165, 1.54) is 43.3 Å². The van der Waals surface area contributed by atoms with Gasteiger partial charge in [0.15, 0.2) is 0 Å². The van der Waals surface area contributed by atoms with Crippen molar-refractivity contribution in [2.24, 2.45) is 0 Å². The molecule has 13 heteroatoms. The molecule has 0 unspecified atom stereocenters. The summed E-state index contributed by atoms with van der Waals surface area (Å²) in [6.45, 7) is 3.85. The first-order valence-corrected chi connectivity index (χ1v) is 14.8. The molecule has 0 spiro atoms. The maximum Gasteiger partial charge on any atom is 0.416 e. The smallest absolute Gasteiger partial charge is 0.352 e. The number of nitrogens with zero attached hydrogens (tertiary/aromatic N) is 2. The van der Waals surface area contributed by atoms with Gasteiger partial charge in [0.2, 0.25) is 11.8 Å². The monoisotopic (exact) mass is 627 g/mol. The topological polar surface area (TPSA) is 86.8 Å². The van der Waals surface area contributed by atoms with Gasteiger partial charge in [0.1, 0.15) is 18.4 Å². The molecule has 0 bridgehead atoms. The van der Waals surface area contributed by atoms with Crippen molar-refractivity contribution in [1.82, 2.24) is 10.2 Å². The van der Waals surface area contributed by atoms with Crippen LogP contribution in [0, 0.1) is 5.82 Å². The van der Waals surface area contributed by atoms with Crippen molar-refractivity contribution in [3.63, 3.8) is 0 Å². The van der Waals surface area contributed by atoms with E-state index in [2.05, 4.69) is 5.32 Å². The summed E-state index contributed by atoms with van der Waals surface area (Å²) in [5.74, 6) is -1.97. The molecule has 2 amide bonds. The Bertz CT molecular complexity index is 1500. The summed E-state index contributed by atoms with van der Waals surface area (Å²) in [4.78, 5) is 27.7. The second kappa shape index (κ2) is 13.6. The molecule has 0 fully saturated rings. The van der Waals surface area contributed by atoms with Crippen molar-refractivity contribution in [3.05, 3.63) is 94.8 Å². The highest BCUT2D eigenvalue weighted by Gasteiger charge is 2.36. The SMILES string of the molecule is CC[C@@H](C)NC(=O)[C@@H](C)N(Cc1ccc(F)cc1)C(=O)CN(c1cc(C(F)(F)F)ccc1Cl)S(=O)(=O)c1ccccc1. The van der Waals surface area contributed by atoms with Crippen LogP contribution < -0.4 is 9.62 Å². The summed E-state index contributed by atoms with van der Waals surface area (Å²) in [5, 5.41) is 2.42. The lowest BCUT2D eigenvalue weighted by Gasteiger charge is -2.33. The molecule has 3 rings (SSSR count). The number of hydrogen-bond donors (Lipinski definition) is 1. The molecule has 0 aliphatic carbocycles. The van der Waals surface area contributed by atoms with Crippen LogP contribution in [0.5, 0.6) is 0 Å². The van der Waals surface area contributed by atoms with Crippen molar-refractivity contribution in [1.29, 1.82) is 0 Å². The van der Waals surface area contributed by atoms with Crippen LogP contribution in [-0.2, 0) is 32.3 Å². The van der Waals surface area contributed by atoms with Crippen molar-refractivity contribution in [2.45, 2.75) is 56.9 Å². The van der Waals surface area contributed by atoms with Crippen LogP contribution >= 0.6 is 11.6 Å². The molecule has 0 aromatic heterocycles. The predicted molar refractivity (Wildman–Crippen MR) is 152 cm³/mol. The Hall–Kier alpha value is -3.64. The quantitative estimate of drug-likeness (QED) is 0.263. The number of benzene rings is 3. The fraction of sp³-hybridized carbons (Fsp3) is 0.310. The molecule has 42 heavy (non-hydrogen) atoms. The van der Waals surface area contributed by atoms with Gasteiger partial charge in [0.05, 0.1) is 21.2 Å². The van der Waals surface area contributed by atoms with Crippen LogP contribution in [0.3, 0.4) is 0 Å². The van der Waals surface area contributed by atoms with E-state index in [0.717, 1.165) is 23.1 Å². The van der Waals surface area contributed by atoms with Crippen molar-refractivity contribution in [2.75, 3.05) is 10.8 Å². The number of sulfonamides is 1. The molecular formula is C29H30ClF4N3O4S. The van der Waals surface area contributed by atoms with Crippen molar-refractivity contribution >= 4 is 39.1 Å². The van der Waals surface area contributed by atoms with Crippen LogP contribution in [0.2, 0.25) is 5.02 Å². The van der Waals surface area contributed by atoms with Gasteiger partial charge in [-0.2, -0.15) is 13.2 Å². The Labute approximate surface area is 247 Å². The number of carbonyl (C=O) groups excluding carboxylic acids is 2. The first-order chi connectivity index (χ1) is 19.6. The zero-order chi connectivity index (χ0) is 31.2. The molecule has 0 aliphatic heterocycles. The Morgan fingerprint density at radius 1 is 0.976 bits per heavy atom. The normalized spacial score (nSPS) is 13.2. The van der Waals surface area contributed by atoms with Crippen LogP contribution in [-0.4, -0.2) is 43.8 Å². The van der Waals surface area contributed by atoms with Gasteiger partial charge in [-0.15, -0.1) is 0 Å². The third-order valence-corrected chi connectivity index (χ3v) is 8.68. The van der Waals surface area contributed by atoms with Gasteiger partial charge in [-0.25, -0.2) is 12.8 Å². The van der Waals surface area contributed by atoms with Crippen molar-refractivity contribution in [3.8, 4) is 0 Å². The third kappa shape index (κ3) is 8.01. The molecule has 7 nitrogen and oxygen atoms in total. The minimum atomic E-state index is -4.83. The molecule has 0 heterocycles. The first kappa shape index (κ1) is 32.9. The number of rotatable bonds is 11. The average molecular weight is 628 g/mol. The van der Waals surface area contributed by atoms with Crippen LogP contribution in [0.15, 0.2) is 77.7 Å². The first-order valence-electron chi connectivity index (χ1n) is 12.9. The third-order valence-electron chi connectivity index (χ3n) is 6.59. The molecule has 3 aromatic rings. The lowest BCUT2D eigenvalue weighted by Crippen LogP contribution is -2.52. The Kier molecular flexibility index (Phi) is 10.6. The number of alkyl halides is 3. The van der Waals surface area contributed by atoms with Gasteiger partial charge in [-0.3, -0.25) is 13.9 Å². The molecule has 226 valence electrons. The zero-order valence-corrected chi connectivity index (χ0v) is 24.6. The summed E-state index contributed by atoms with van der Waals surface area (Å²) in [7, 11) is -4.63. The second-order valence-corrected chi connectivity index (χ2v) is 11.9. The largest absolute Gasteiger partial charge is 0.416 e. The van der Waals surface area contributed by atoms with E-state index in [4.69, 9.17) is 11.6 Å². The second-order valence-electron chi connectivity index (χ2n) is 9.63. The fourth-order valence-corrected chi connectivity index (χ4v) is 5.66. The summed E-state index contributed by atoms with van der Waals surface area (Å²) >= 11 is 6.23. The van der Waals surface area contributed by atoms with E-state index in [1.807, 2.05) is 6.92 Å². The lowest BCUT2D eigenvalue weighted by molar-refractivity contribution is -0.139. The predicted octanol–water partition coefficient (Wildman–Crippen LogP) is 6.03. The highest BCUT2D eigenvalue weighted by Crippen LogP contribution is 2.37. The maximum atomic E-state index is 13.9. The Balaban J connectivity index is 2.11. The molecule has 1 N–H and O–H groups in total. The zero-order valence-electron chi connectivity index (χ0n) is 23.0. The minimum absolute atomic E-state index is 0.218. The highest BCUT2D eigenvalue weighted by molar-refractivity contribution is 7.92. The number of carbonyl (C=O) groups is 2. The minimum Gasteiger partial charge on any atom is -0.352 e. The van der Waals surface area contributed by atoms with E-state index in [1.54, 1.807) is 13.0 Å². The number of amides is 2. The van der Waals surface area contributed by atoms with Crippen LogP contribution in [0.4, 0.5) is 23.2 Å². The molecule has 3 aromatic carbocycles. The van der Waals surface area contributed by atoms with Crippen LogP contribution in [0.1, 0.15) is 38.3 Å². The number of anilines is 1. The Morgan fingerprint density at radius 3 is 2.17 bits per heavy atom. The van der Waals surface area contributed by atoms with E-state index in [9.17, 15) is 35.6 Å². The van der Waals surface area contributed by atoms with Crippen molar-refractivity contribution < 1.29 is 35.6 Å². The van der Waals surface area contributed by atoms with Gasteiger partial charge < -0.3 is 10.2 Å². The summed E-state index contributed by atoms with van der Waals surface area (Å²) in [6.07, 6.45) is -4.23. The van der Waals surface area contributed by atoms with Gasteiger partial charge in [-0.05, 0) is 68.3 Å². The summed E-state index contributed by atoms with van der Waals surface area (Å²) < 4.78 is 82.5. The van der Waals surface area contributed by atoms with Crippen LogP contribution in [0.25, 0.3) is 0 Å². The highest BCUT2D eigenvalue weighted by atomic mass is 35.5. The number of hydrogen-bond acceptors (Lipinski definition) is 4. The Morgan fingerprint density at radius 2 is 1.60 bits per heavy atom. The summed E-state index contributed by atoms with van der Waals surface area (Å²) in [5.41, 5.74) is -1.31. The van der Waals surface area contributed by atoms with Gasteiger partial charge >= 0.3 is 6.18 Å². The molecule has 0 saturated carbocycles. The molecular weight excluding hydrogens is 598 g/mol. The number of halogens is 5. The van der Waals surface area contributed by atoms with E-state index >= 15 is 0 Å². The van der Waals surface area contributed by atoms with E-state index in [0.29, 0.717) is 28.4 Å². The summed E-state index contributed by atoms with van der Waals surface area (Å²) in [6, 6.07) is 12.8. The molecule has 2 atom stereocenters. The fourth-order valence-electron chi connectivity index (χ4n) is 3.95. The maximum absolute atomic E-state index is 13.9. The van der Waals surface area contributed by atoms with Gasteiger partial charge in [0, 0.05) is 12.6 Å². The van der Waals surface area contributed by atoms with Gasteiger partial charge in [-0.1, -0.05) is 48.9 Å². The lowest BCUT2D eigenvalue weighted by atomic mass is 10.1. The van der Waals surface area contributed by atoms with Gasteiger partial charge in [0.25, 0.3) is 10.0 Å². The number of nitrogens with one attached hydrogen (secondary N) is 1. The average Bonchev–Trinajstić information content (AvgIpc) is 2.95.